The van der Waals surface area contributed by atoms with Gasteiger partial charge in [-0.25, -0.2) is 0 Å². The third kappa shape index (κ3) is 3.23. The Hall–Kier alpha value is -5.72. The fraction of sp³-hybridized carbons (Fsp3) is 0.0638. The molecule has 0 saturated carbocycles. The summed E-state index contributed by atoms with van der Waals surface area (Å²) in [6, 6.07) is 55.1. The van der Waals surface area contributed by atoms with Crippen LogP contribution in [0.5, 0.6) is 0 Å². The van der Waals surface area contributed by atoms with Crippen LogP contribution >= 0.6 is 0 Å². The van der Waals surface area contributed by atoms with Crippen LogP contribution in [0.2, 0.25) is 0 Å². The van der Waals surface area contributed by atoms with Crippen LogP contribution in [0.4, 0.5) is 0 Å². The molecule has 8 aromatic carbocycles. The molecule has 11 rings (SSSR count). The van der Waals surface area contributed by atoms with Crippen LogP contribution in [0.25, 0.3) is 99.4 Å². The van der Waals surface area contributed by atoms with E-state index in [1.54, 1.807) is 0 Å². The first kappa shape index (κ1) is 25.5. The summed E-state index contributed by atoms with van der Waals surface area (Å²) < 4.78 is 0. The van der Waals surface area contributed by atoms with Crippen LogP contribution in [-0.2, 0) is 5.41 Å². The summed E-state index contributed by atoms with van der Waals surface area (Å²) in [5, 5.41) is 5.39. The summed E-state index contributed by atoms with van der Waals surface area (Å²) in [5.74, 6) is 0. The van der Waals surface area contributed by atoms with Crippen molar-refractivity contribution in [1.82, 2.24) is 0 Å². The summed E-state index contributed by atoms with van der Waals surface area (Å²) in [6.07, 6.45) is 0. The van der Waals surface area contributed by atoms with Gasteiger partial charge in [-0.2, -0.15) is 0 Å². The van der Waals surface area contributed by atoms with Crippen LogP contribution in [0.15, 0.2) is 146 Å². The Labute approximate surface area is 274 Å². The molecule has 0 N–H and O–H groups in total. The lowest BCUT2D eigenvalue weighted by molar-refractivity contribution is 0.660. The van der Waals surface area contributed by atoms with Gasteiger partial charge in [0.2, 0.25) is 0 Å². The van der Waals surface area contributed by atoms with Gasteiger partial charge in [0.25, 0.3) is 0 Å². The third-order valence-electron chi connectivity index (χ3n) is 11.4. The summed E-state index contributed by atoms with van der Waals surface area (Å²) in [6.45, 7) is 4.72. The molecule has 0 radical (unpaired) electrons. The van der Waals surface area contributed by atoms with Crippen LogP contribution in [0, 0.1) is 0 Å². The number of fused-ring (bicyclic) bond motifs is 9. The number of benzene rings is 8. The molecule has 0 amide bonds. The van der Waals surface area contributed by atoms with Gasteiger partial charge in [0.15, 0.2) is 0 Å². The lowest BCUT2D eigenvalue weighted by Gasteiger charge is -2.22. The van der Waals surface area contributed by atoms with Crippen molar-refractivity contribution in [3.8, 4) is 77.9 Å². The van der Waals surface area contributed by atoms with E-state index in [0.29, 0.717) is 0 Å². The summed E-state index contributed by atoms with van der Waals surface area (Å²) in [4.78, 5) is 0. The van der Waals surface area contributed by atoms with Crippen molar-refractivity contribution in [2.45, 2.75) is 19.3 Å². The molecule has 218 valence electrons. The lowest BCUT2D eigenvalue weighted by atomic mass is 9.81. The molecule has 0 spiro atoms. The van der Waals surface area contributed by atoms with Crippen molar-refractivity contribution < 1.29 is 0 Å². The van der Waals surface area contributed by atoms with Gasteiger partial charge in [-0.3, -0.25) is 0 Å². The second kappa shape index (κ2) is 8.75. The zero-order valence-electron chi connectivity index (χ0n) is 26.4. The second-order valence-corrected chi connectivity index (χ2v) is 14.0. The molecule has 3 aliphatic rings. The van der Waals surface area contributed by atoms with Crippen LogP contribution < -0.4 is 0 Å². The Morgan fingerprint density at radius 2 is 0.830 bits per heavy atom. The Balaban J connectivity index is 1.04. The molecule has 0 aliphatic heterocycles. The monoisotopic (exact) mass is 594 g/mol. The van der Waals surface area contributed by atoms with Crippen molar-refractivity contribution in [1.29, 1.82) is 0 Å². The largest absolute Gasteiger partial charge is 0.0619 e. The minimum atomic E-state index is -0.0102. The summed E-state index contributed by atoms with van der Waals surface area (Å²) >= 11 is 0. The fourth-order valence-corrected chi connectivity index (χ4v) is 9.13. The summed E-state index contributed by atoms with van der Waals surface area (Å²) in [5.41, 5.74) is 21.4. The Bertz CT molecular complexity index is 2700. The highest BCUT2D eigenvalue weighted by molar-refractivity contribution is 6.20. The quantitative estimate of drug-likeness (QED) is 0.187. The van der Waals surface area contributed by atoms with E-state index in [9.17, 15) is 0 Å². The Morgan fingerprint density at radius 3 is 1.62 bits per heavy atom. The molecule has 3 aliphatic carbocycles. The highest BCUT2D eigenvalue weighted by atomic mass is 14.4. The molecule has 0 saturated heterocycles. The smallest absolute Gasteiger partial charge is 0.0159 e. The maximum atomic E-state index is 2.43. The highest BCUT2D eigenvalue weighted by Crippen LogP contribution is 2.53. The van der Waals surface area contributed by atoms with Crippen molar-refractivity contribution in [2.75, 3.05) is 0 Å². The zero-order valence-corrected chi connectivity index (χ0v) is 26.4. The van der Waals surface area contributed by atoms with Crippen molar-refractivity contribution in [3.63, 3.8) is 0 Å². The average molecular weight is 595 g/mol. The molecule has 0 bridgehead atoms. The molecular weight excluding hydrogens is 565 g/mol. The van der Waals surface area contributed by atoms with Gasteiger partial charge in [-0.05, 0) is 129 Å². The highest BCUT2D eigenvalue weighted by Gasteiger charge is 2.35. The van der Waals surface area contributed by atoms with E-state index in [1.807, 2.05) is 0 Å². The minimum absolute atomic E-state index is 0.0102. The summed E-state index contributed by atoms with van der Waals surface area (Å²) in [7, 11) is 0. The standard InChI is InChI=1S/C47H30/c1-47(2)43-15-4-3-10-34(43)35-21-17-29(26-44(35)47)28-16-19-33-40-23-22-31(36-13-7-14-39(46(36)40)41(33)24-28)30-18-20-32-37-11-5-8-27-9-6-12-38(45(27)37)42(32)25-30/h3-26H,1-2H3. The van der Waals surface area contributed by atoms with Crippen molar-refractivity contribution >= 4 is 21.5 Å². The molecule has 47 heavy (non-hydrogen) atoms. The first-order valence-corrected chi connectivity index (χ1v) is 16.7. The van der Waals surface area contributed by atoms with E-state index in [-0.39, 0.29) is 5.41 Å². The first-order chi connectivity index (χ1) is 23.1. The van der Waals surface area contributed by atoms with Gasteiger partial charge in [0.05, 0.1) is 0 Å². The van der Waals surface area contributed by atoms with Gasteiger partial charge in [-0.1, -0.05) is 141 Å². The van der Waals surface area contributed by atoms with Crippen molar-refractivity contribution in [3.05, 3.63) is 157 Å². The molecule has 0 unspecified atom stereocenters. The average Bonchev–Trinajstić information content (AvgIpc) is 3.70. The fourth-order valence-electron chi connectivity index (χ4n) is 9.13. The lowest BCUT2D eigenvalue weighted by Crippen LogP contribution is -2.14. The third-order valence-corrected chi connectivity index (χ3v) is 11.4. The van der Waals surface area contributed by atoms with Gasteiger partial charge in [0.1, 0.15) is 0 Å². The van der Waals surface area contributed by atoms with E-state index in [1.165, 1.54) is 111 Å². The molecule has 0 nitrogen and oxygen atoms in total. The van der Waals surface area contributed by atoms with Crippen molar-refractivity contribution in [2.24, 2.45) is 0 Å². The van der Waals surface area contributed by atoms with Crippen LogP contribution in [0.3, 0.4) is 0 Å². The predicted molar refractivity (Wildman–Crippen MR) is 199 cm³/mol. The molecule has 0 heterocycles. The SMILES string of the molecule is CC1(C)c2ccccc2-c2ccc(-c3ccc4c(c3)-c3cccc5c(-c6ccc7c(c6)-c6cccc8cccc-7c68)ccc-4c35)cc21. The van der Waals surface area contributed by atoms with E-state index in [4.69, 9.17) is 0 Å². The van der Waals surface area contributed by atoms with Crippen LogP contribution in [0.1, 0.15) is 25.0 Å². The van der Waals surface area contributed by atoms with Gasteiger partial charge in [-0.15, -0.1) is 0 Å². The predicted octanol–water partition coefficient (Wildman–Crippen LogP) is 12.9. The van der Waals surface area contributed by atoms with Crippen LogP contribution in [-0.4, -0.2) is 0 Å². The van der Waals surface area contributed by atoms with E-state index in [2.05, 4.69) is 159 Å². The molecule has 0 atom stereocenters. The Kier molecular flexibility index (Phi) is 4.74. The number of rotatable bonds is 2. The number of hydrogen-bond acceptors (Lipinski definition) is 0. The molecular formula is C47H30. The first-order valence-electron chi connectivity index (χ1n) is 16.7. The van der Waals surface area contributed by atoms with E-state index >= 15 is 0 Å². The van der Waals surface area contributed by atoms with E-state index in [0.717, 1.165) is 0 Å². The number of hydrogen-bond donors (Lipinski definition) is 0. The zero-order chi connectivity index (χ0) is 31.0. The second-order valence-electron chi connectivity index (χ2n) is 14.0. The molecule has 0 fully saturated rings. The Morgan fingerprint density at radius 1 is 0.319 bits per heavy atom. The molecule has 0 heteroatoms. The van der Waals surface area contributed by atoms with Gasteiger partial charge < -0.3 is 0 Å². The normalized spacial score (nSPS) is 13.9. The van der Waals surface area contributed by atoms with E-state index < -0.39 is 0 Å². The maximum absolute atomic E-state index is 2.43. The van der Waals surface area contributed by atoms with Gasteiger partial charge >= 0.3 is 0 Å². The maximum Gasteiger partial charge on any atom is 0.0159 e. The van der Waals surface area contributed by atoms with Gasteiger partial charge in [0, 0.05) is 5.41 Å². The molecule has 0 aromatic heterocycles. The topological polar surface area (TPSA) is 0 Å². The molecule has 8 aromatic rings. The minimum Gasteiger partial charge on any atom is -0.0619 e.